The summed E-state index contributed by atoms with van der Waals surface area (Å²) in [6, 6.07) is 12.3. The molecule has 0 aliphatic carbocycles. The van der Waals surface area contributed by atoms with Crippen molar-refractivity contribution in [1.82, 2.24) is 9.55 Å². The molecule has 0 atom stereocenters. The molecule has 0 spiro atoms. The molecule has 0 N–H and O–H groups in total. The molecule has 0 amide bonds. The quantitative estimate of drug-likeness (QED) is 0.297. The van der Waals surface area contributed by atoms with Gasteiger partial charge in [-0.3, -0.25) is 18.5 Å². The molecule has 1 aliphatic rings. The number of hydrogen-bond donors (Lipinski definition) is 0. The van der Waals surface area contributed by atoms with Crippen molar-refractivity contribution in [2.24, 2.45) is 0 Å². The molecule has 4 rings (SSSR count). The highest BCUT2D eigenvalue weighted by atomic mass is 32.2. The second-order valence-electron chi connectivity index (χ2n) is 7.96. The van der Waals surface area contributed by atoms with Gasteiger partial charge in [0, 0.05) is 18.2 Å². The van der Waals surface area contributed by atoms with Crippen molar-refractivity contribution < 1.29 is 13.2 Å². The van der Waals surface area contributed by atoms with Crippen LogP contribution in [-0.2, 0) is 16.4 Å². The number of sulfonamides is 1. The number of fused-ring (bicyclic) bond motifs is 2. The molecule has 7 nitrogen and oxygen atoms in total. The molecule has 1 aliphatic heterocycles. The number of para-hydroxylation sites is 1. The summed E-state index contributed by atoms with van der Waals surface area (Å²) in [4.78, 5) is 30.5. The largest absolute Gasteiger partial charge is 0.293 e. The summed E-state index contributed by atoms with van der Waals surface area (Å²) in [5.41, 5.74) is 2.54. The Morgan fingerprint density at radius 1 is 1.19 bits per heavy atom. The smallest absolute Gasteiger partial charge is 0.262 e. The third-order valence-electron chi connectivity index (χ3n) is 5.58. The molecule has 32 heavy (non-hydrogen) atoms. The van der Waals surface area contributed by atoms with Crippen molar-refractivity contribution in [1.29, 1.82) is 0 Å². The number of anilines is 1. The number of thioether (sulfide) groups is 1. The fourth-order valence-corrected chi connectivity index (χ4v) is 6.07. The first-order chi connectivity index (χ1) is 15.2. The van der Waals surface area contributed by atoms with E-state index in [4.69, 9.17) is 0 Å². The summed E-state index contributed by atoms with van der Waals surface area (Å²) >= 11 is 1.25. The lowest BCUT2D eigenvalue weighted by molar-refractivity contribution is 0.102. The van der Waals surface area contributed by atoms with Gasteiger partial charge in [0.25, 0.3) is 5.56 Å². The molecule has 168 valence electrons. The molecule has 0 unspecified atom stereocenters. The average Bonchev–Trinajstić information content (AvgIpc) is 3.21. The van der Waals surface area contributed by atoms with Crippen LogP contribution in [0.15, 0.2) is 52.4 Å². The summed E-state index contributed by atoms with van der Waals surface area (Å²) in [5.74, 6) is 0.0835. The summed E-state index contributed by atoms with van der Waals surface area (Å²) in [7, 11) is -3.32. The fourth-order valence-electron chi connectivity index (χ4n) is 3.89. The van der Waals surface area contributed by atoms with Gasteiger partial charge in [-0.25, -0.2) is 13.4 Å². The van der Waals surface area contributed by atoms with E-state index in [0.29, 0.717) is 40.3 Å². The third-order valence-corrected chi connectivity index (χ3v) is 8.31. The predicted octanol–water partition coefficient (Wildman–Crippen LogP) is 3.66. The van der Waals surface area contributed by atoms with Gasteiger partial charge in [0.05, 0.1) is 28.1 Å². The van der Waals surface area contributed by atoms with Crippen molar-refractivity contribution in [3.63, 3.8) is 0 Å². The predicted molar refractivity (Wildman–Crippen MR) is 128 cm³/mol. The second-order valence-corrected chi connectivity index (χ2v) is 11.1. The molecule has 2 aromatic carbocycles. The minimum Gasteiger partial charge on any atom is -0.293 e. The molecule has 0 bridgehead atoms. The van der Waals surface area contributed by atoms with Crippen LogP contribution in [0.25, 0.3) is 10.9 Å². The van der Waals surface area contributed by atoms with Crippen LogP contribution in [-0.4, -0.2) is 41.8 Å². The topological polar surface area (TPSA) is 89.3 Å². The number of Topliss-reactive ketones (excluding diaryl/α,β-unsaturated/α-hetero) is 1. The zero-order valence-electron chi connectivity index (χ0n) is 18.2. The van der Waals surface area contributed by atoms with Gasteiger partial charge in [0.2, 0.25) is 10.0 Å². The molecule has 2 heterocycles. The monoisotopic (exact) mass is 471 g/mol. The first-order valence-electron chi connectivity index (χ1n) is 10.5. The van der Waals surface area contributed by atoms with E-state index in [0.717, 1.165) is 5.56 Å². The van der Waals surface area contributed by atoms with Gasteiger partial charge in [0.1, 0.15) is 0 Å². The van der Waals surface area contributed by atoms with E-state index in [-0.39, 0.29) is 28.9 Å². The first-order valence-corrected chi connectivity index (χ1v) is 13.1. The number of hydrogen-bond acceptors (Lipinski definition) is 6. The van der Waals surface area contributed by atoms with E-state index in [9.17, 15) is 18.0 Å². The highest BCUT2D eigenvalue weighted by molar-refractivity contribution is 7.99. The number of rotatable bonds is 7. The maximum Gasteiger partial charge on any atom is 0.262 e. The third kappa shape index (κ3) is 4.06. The normalized spacial score (nSPS) is 13.7. The Hall–Kier alpha value is -2.65. The number of ketones is 1. The highest BCUT2D eigenvalue weighted by Crippen LogP contribution is 2.32. The van der Waals surface area contributed by atoms with E-state index in [1.807, 2.05) is 26.0 Å². The van der Waals surface area contributed by atoms with E-state index in [1.54, 1.807) is 41.8 Å². The lowest BCUT2D eigenvalue weighted by atomic mass is 10.1. The van der Waals surface area contributed by atoms with E-state index < -0.39 is 10.0 Å². The molecule has 9 heteroatoms. The van der Waals surface area contributed by atoms with Gasteiger partial charge < -0.3 is 0 Å². The second kappa shape index (κ2) is 8.71. The van der Waals surface area contributed by atoms with Crippen LogP contribution in [0.5, 0.6) is 0 Å². The molecule has 0 radical (unpaired) electrons. The van der Waals surface area contributed by atoms with Crippen molar-refractivity contribution >= 4 is 44.2 Å². The summed E-state index contributed by atoms with van der Waals surface area (Å²) in [6.45, 7) is 5.86. The van der Waals surface area contributed by atoms with Crippen molar-refractivity contribution in [3.05, 3.63) is 63.9 Å². The van der Waals surface area contributed by atoms with Crippen LogP contribution in [0.4, 0.5) is 5.69 Å². The molecular weight excluding hydrogens is 446 g/mol. The van der Waals surface area contributed by atoms with Gasteiger partial charge >= 0.3 is 0 Å². The molecule has 1 aromatic heterocycles. The highest BCUT2D eigenvalue weighted by Gasteiger charge is 2.28. The Bertz CT molecular complexity index is 1360. The molecular formula is C23H25N3O4S2. The Morgan fingerprint density at radius 2 is 1.94 bits per heavy atom. The van der Waals surface area contributed by atoms with E-state index in [1.165, 1.54) is 16.1 Å². The SMILES string of the molecule is CCS(=O)(=O)N1CCc2cc(C(=O)CSc3nc4ccccc4c(=O)n3C(C)C)ccc21. The summed E-state index contributed by atoms with van der Waals surface area (Å²) in [5, 5.41) is 1.07. The zero-order chi connectivity index (χ0) is 23.0. The van der Waals surface area contributed by atoms with E-state index in [2.05, 4.69) is 4.98 Å². The van der Waals surface area contributed by atoms with Crippen LogP contribution < -0.4 is 9.86 Å². The zero-order valence-corrected chi connectivity index (χ0v) is 19.9. The number of carbonyl (C=O) groups excluding carboxylic acids is 1. The summed E-state index contributed by atoms with van der Waals surface area (Å²) < 4.78 is 27.6. The molecule has 0 saturated carbocycles. The fraction of sp³-hybridized carbons (Fsp3) is 0.348. The Labute approximate surface area is 191 Å². The Balaban J connectivity index is 1.58. The van der Waals surface area contributed by atoms with Crippen LogP contribution in [0.3, 0.4) is 0 Å². The average molecular weight is 472 g/mol. The summed E-state index contributed by atoms with van der Waals surface area (Å²) in [6.07, 6.45) is 0.585. The molecule has 0 saturated heterocycles. The van der Waals surface area contributed by atoms with Crippen LogP contribution >= 0.6 is 11.8 Å². The van der Waals surface area contributed by atoms with E-state index >= 15 is 0 Å². The maximum absolute atomic E-state index is 12.9. The van der Waals surface area contributed by atoms with Crippen LogP contribution in [0.1, 0.15) is 42.7 Å². The van der Waals surface area contributed by atoms with Gasteiger partial charge in [0.15, 0.2) is 10.9 Å². The number of carbonyl (C=O) groups is 1. The minimum atomic E-state index is -3.32. The first kappa shape index (κ1) is 22.5. The van der Waals surface area contributed by atoms with Crippen LogP contribution in [0.2, 0.25) is 0 Å². The Morgan fingerprint density at radius 3 is 2.66 bits per heavy atom. The van der Waals surface area contributed by atoms with Crippen molar-refractivity contribution in [2.45, 2.75) is 38.4 Å². The standard InChI is InChI=1S/C23H25N3O4S2/c1-4-32(29,30)25-12-11-16-13-17(9-10-20(16)25)21(27)14-31-23-24-19-8-6-5-7-18(19)22(28)26(23)15(2)3/h5-10,13,15H,4,11-12,14H2,1-3H3. The number of nitrogens with zero attached hydrogens (tertiary/aromatic N) is 3. The van der Waals surface area contributed by atoms with Crippen molar-refractivity contribution in [2.75, 3.05) is 22.4 Å². The maximum atomic E-state index is 12.9. The van der Waals surface area contributed by atoms with Gasteiger partial charge in [-0.15, -0.1) is 0 Å². The molecule has 3 aromatic rings. The van der Waals surface area contributed by atoms with Gasteiger partial charge in [-0.2, -0.15) is 0 Å². The van der Waals surface area contributed by atoms with Crippen LogP contribution in [0, 0.1) is 0 Å². The minimum absolute atomic E-state index is 0.0417. The van der Waals surface area contributed by atoms with Crippen molar-refractivity contribution in [3.8, 4) is 0 Å². The van der Waals surface area contributed by atoms with Gasteiger partial charge in [-0.05, 0) is 63.1 Å². The number of aromatic nitrogens is 2. The lowest BCUT2D eigenvalue weighted by Gasteiger charge is -2.18. The molecule has 0 fully saturated rings. The number of benzene rings is 2. The lowest BCUT2D eigenvalue weighted by Crippen LogP contribution is -2.30. The Kier molecular flexibility index (Phi) is 6.13. The van der Waals surface area contributed by atoms with Gasteiger partial charge in [-0.1, -0.05) is 23.9 Å².